The number of anilines is 1. The Labute approximate surface area is 81.4 Å². The summed E-state index contributed by atoms with van der Waals surface area (Å²) in [6, 6.07) is 4.11. The molecule has 0 saturated heterocycles. The molecule has 2 rings (SSSR count). The van der Waals surface area contributed by atoms with Gasteiger partial charge in [-0.1, -0.05) is 6.07 Å². The van der Waals surface area contributed by atoms with Crippen molar-refractivity contribution in [3.8, 4) is 10.6 Å². The van der Waals surface area contributed by atoms with Crippen LogP contribution in [-0.2, 0) is 0 Å². The van der Waals surface area contributed by atoms with Gasteiger partial charge in [0.2, 0.25) is 4.67 Å². The van der Waals surface area contributed by atoms with Gasteiger partial charge in [-0.3, -0.25) is 0 Å². The van der Waals surface area contributed by atoms with Crippen LogP contribution in [0.15, 0.2) is 26.6 Å². The lowest BCUT2D eigenvalue weighted by molar-refractivity contribution is 0.556. The van der Waals surface area contributed by atoms with Gasteiger partial charge >= 0.3 is 0 Å². The van der Waals surface area contributed by atoms with Crippen LogP contribution in [-0.4, -0.2) is 4.98 Å². The van der Waals surface area contributed by atoms with Crippen molar-refractivity contribution >= 4 is 33.3 Å². The molecule has 0 aliphatic heterocycles. The first kappa shape index (κ1) is 7.82. The fourth-order valence-corrected chi connectivity index (χ4v) is 2.19. The second kappa shape index (κ2) is 2.91. The number of nitrogen functional groups attached to an aromatic ring is 1. The van der Waals surface area contributed by atoms with Crippen molar-refractivity contribution in [2.45, 2.75) is 0 Å². The highest BCUT2D eigenvalue weighted by atomic mass is 79.9. The van der Waals surface area contributed by atoms with Crippen molar-refractivity contribution in [3.63, 3.8) is 0 Å². The quantitative estimate of drug-likeness (QED) is 0.840. The Bertz CT molecular complexity index is 382. The lowest BCUT2D eigenvalue weighted by atomic mass is 10.4. The Balaban J connectivity index is 2.54. The summed E-state index contributed by atoms with van der Waals surface area (Å²) in [6.45, 7) is 0. The van der Waals surface area contributed by atoms with Gasteiger partial charge in [0.15, 0.2) is 0 Å². The SMILES string of the molecule is Nc1nc(-c2cccs2)c(Br)o1. The van der Waals surface area contributed by atoms with E-state index in [1.54, 1.807) is 11.3 Å². The van der Waals surface area contributed by atoms with E-state index in [9.17, 15) is 0 Å². The third-order valence-electron chi connectivity index (χ3n) is 1.36. The topological polar surface area (TPSA) is 52.0 Å². The minimum Gasteiger partial charge on any atom is -0.416 e. The summed E-state index contributed by atoms with van der Waals surface area (Å²) < 4.78 is 5.61. The maximum Gasteiger partial charge on any atom is 0.293 e. The maximum atomic E-state index is 5.38. The minimum absolute atomic E-state index is 0.185. The number of oxazole rings is 1. The molecule has 0 amide bonds. The van der Waals surface area contributed by atoms with Gasteiger partial charge in [-0.25, -0.2) is 0 Å². The normalized spacial score (nSPS) is 10.4. The van der Waals surface area contributed by atoms with Crippen LogP contribution >= 0.6 is 27.3 Å². The number of nitrogens with two attached hydrogens (primary N) is 1. The van der Waals surface area contributed by atoms with Crippen molar-refractivity contribution in [2.75, 3.05) is 5.73 Å². The first-order valence-corrected chi connectivity index (χ1v) is 4.90. The molecule has 0 atom stereocenters. The van der Waals surface area contributed by atoms with Crippen LogP contribution in [0.25, 0.3) is 10.6 Å². The van der Waals surface area contributed by atoms with E-state index >= 15 is 0 Å². The summed E-state index contributed by atoms with van der Waals surface area (Å²) in [5, 5.41) is 1.98. The zero-order valence-electron chi connectivity index (χ0n) is 5.95. The number of rotatable bonds is 1. The number of thiophene rings is 1. The van der Waals surface area contributed by atoms with E-state index in [0.717, 1.165) is 10.6 Å². The molecular weight excluding hydrogens is 240 g/mol. The largest absolute Gasteiger partial charge is 0.416 e. The molecule has 0 aromatic carbocycles. The molecule has 0 aliphatic rings. The summed E-state index contributed by atoms with van der Waals surface area (Å²) in [7, 11) is 0. The molecule has 0 unspecified atom stereocenters. The molecule has 62 valence electrons. The van der Waals surface area contributed by atoms with Gasteiger partial charge in [0.05, 0.1) is 4.88 Å². The molecule has 0 saturated carbocycles. The molecule has 3 nitrogen and oxygen atoms in total. The molecule has 0 spiro atoms. The van der Waals surface area contributed by atoms with Gasteiger partial charge in [0.1, 0.15) is 5.69 Å². The maximum absolute atomic E-state index is 5.38. The zero-order chi connectivity index (χ0) is 8.55. The highest BCUT2D eigenvalue weighted by Gasteiger charge is 2.10. The summed E-state index contributed by atoms with van der Waals surface area (Å²) in [6.07, 6.45) is 0. The van der Waals surface area contributed by atoms with Gasteiger partial charge in [-0.15, -0.1) is 11.3 Å². The van der Waals surface area contributed by atoms with Crippen LogP contribution in [0.1, 0.15) is 0 Å². The van der Waals surface area contributed by atoms with E-state index < -0.39 is 0 Å². The highest BCUT2D eigenvalue weighted by molar-refractivity contribution is 9.10. The average molecular weight is 245 g/mol. The van der Waals surface area contributed by atoms with E-state index in [-0.39, 0.29) is 6.01 Å². The third-order valence-corrected chi connectivity index (χ3v) is 2.77. The average Bonchev–Trinajstić information content (AvgIpc) is 2.58. The van der Waals surface area contributed by atoms with Crippen molar-refractivity contribution in [2.24, 2.45) is 0 Å². The molecule has 0 bridgehead atoms. The van der Waals surface area contributed by atoms with Crippen LogP contribution < -0.4 is 5.73 Å². The van der Waals surface area contributed by atoms with Crippen LogP contribution in [0, 0.1) is 0 Å². The van der Waals surface area contributed by atoms with E-state index in [0.29, 0.717) is 4.67 Å². The van der Waals surface area contributed by atoms with E-state index in [1.165, 1.54) is 0 Å². The summed E-state index contributed by atoms with van der Waals surface area (Å²) >= 11 is 4.83. The van der Waals surface area contributed by atoms with Crippen molar-refractivity contribution in [1.29, 1.82) is 0 Å². The predicted octanol–water partition coefficient (Wildman–Crippen LogP) is 2.75. The number of nitrogens with zero attached hydrogens (tertiary/aromatic N) is 1. The Morgan fingerprint density at radius 1 is 1.58 bits per heavy atom. The van der Waals surface area contributed by atoms with Crippen molar-refractivity contribution in [1.82, 2.24) is 4.98 Å². The number of halogens is 1. The lowest BCUT2D eigenvalue weighted by Crippen LogP contribution is -1.81. The third kappa shape index (κ3) is 1.25. The Morgan fingerprint density at radius 2 is 2.42 bits per heavy atom. The number of hydrogen-bond donors (Lipinski definition) is 1. The van der Waals surface area contributed by atoms with Gasteiger partial charge in [0, 0.05) is 0 Å². The second-order valence-electron chi connectivity index (χ2n) is 2.15. The van der Waals surface area contributed by atoms with Crippen molar-refractivity contribution in [3.05, 3.63) is 22.2 Å². The van der Waals surface area contributed by atoms with E-state index in [2.05, 4.69) is 20.9 Å². The van der Waals surface area contributed by atoms with Gasteiger partial charge in [0.25, 0.3) is 6.01 Å². The molecule has 12 heavy (non-hydrogen) atoms. The second-order valence-corrected chi connectivity index (χ2v) is 3.82. The van der Waals surface area contributed by atoms with E-state index in [4.69, 9.17) is 10.2 Å². The van der Waals surface area contributed by atoms with Gasteiger partial charge in [-0.05, 0) is 27.4 Å². The Hall–Kier alpha value is -0.810. The monoisotopic (exact) mass is 244 g/mol. The van der Waals surface area contributed by atoms with Gasteiger partial charge in [-0.2, -0.15) is 4.98 Å². The first-order chi connectivity index (χ1) is 5.77. The van der Waals surface area contributed by atoms with Crippen molar-refractivity contribution < 1.29 is 4.42 Å². The Kier molecular flexibility index (Phi) is 1.90. The van der Waals surface area contributed by atoms with Crippen LogP contribution in [0.4, 0.5) is 6.01 Å². The molecule has 2 heterocycles. The number of hydrogen-bond acceptors (Lipinski definition) is 4. The minimum atomic E-state index is 0.185. The molecule has 2 aromatic heterocycles. The van der Waals surface area contributed by atoms with Crippen LogP contribution in [0.3, 0.4) is 0 Å². The molecule has 2 aromatic rings. The summed E-state index contributed by atoms with van der Waals surface area (Å²) in [5.74, 6) is 0. The predicted molar refractivity (Wildman–Crippen MR) is 51.9 cm³/mol. The lowest BCUT2D eigenvalue weighted by Gasteiger charge is -1.86. The smallest absolute Gasteiger partial charge is 0.293 e. The highest BCUT2D eigenvalue weighted by Crippen LogP contribution is 2.32. The fourth-order valence-electron chi connectivity index (χ4n) is 0.882. The molecule has 0 aliphatic carbocycles. The Morgan fingerprint density at radius 3 is 2.92 bits per heavy atom. The molecular formula is C7H5BrN2OS. The fraction of sp³-hybridized carbons (Fsp3) is 0. The van der Waals surface area contributed by atoms with Crippen LogP contribution in [0.5, 0.6) is 0 Å². The van der Waals surface area contributed by atoms with E-state index in [1.807, 2.05) is 17.5 Å². The number of aromatic nitrogens is 1. The molecule has 2 N–H and O–H groups in total. The molecule has 5 heteroatoms. The summed E-state index contributed by atoms with van der Waals surface area (Å²) in [5.41, 5.74) is 6.15. The zero-order valence-corrected chi connectivity index (χ0v) is 8.35. The molecule has 0 fully saturated rings. The molecule has 0 radical (unpaired) electrons. The first-order valence-electron chi connectivity index (χ1n) is 3.23. The van der Waals surface area contributed by atoms with Crippen LogP contribution in [0.2, 0.25) is 0 Å². The standard InChI is InChI=1S/C7H5BrN2OS/c8-6-5(10-7(9)11-6)4-2-1-3-12-4/h1-3H,(H2,9,10). The van der Waals surface area contributed by atoms with Gasteiger partial charge < -0.3 is 10.2 Å². The summed E-state index contributed by atoms with van der Waals surface area (Å²) in [4.78, 5) is 5.07.